The van der Waals surface area contributed by atoms with Gasteiger partial charge >= 0.3 is 0 Å². The summed E-state index contributed by atoms with van der Waals surface area (Å²) in [5, 5.41) is 4.40. The molecular weight excluding hydrogens is 432 g/mol. The van der Waals surface area contributed by atoms with Gasteiger partial charge in [-0.25, -0.2) is 0 Å². The van der Waals surface area contributed by atoms with Crippen LogP contribution in [0.2, 0.25) is 19.6 Å². The molecule has 0 radical (unpaired) electrons. The van der Waals surface area contributed by atoms with E-state index in [0.717, 1.165) is 5.92 Å². The van der Waals surface area contributed by atoms with E-state index in [2.05, 4.69) is 75.1 Å². The number of aryl methyl sites for hydroxylation is 1. The van der Waals surface area contributed by atoms with Gasteiger partial charge in [0.1, 0.15) is 0 Å². The minimum absolute atomic E-state index is 0. The van der Waals surface area contributed by atoms with E-state index < -0.39 is 8.07 Å². The summed E-state index contributed by atoms with van der Waals surface area (Å²) in [6.45, 7) is 9.48. The Balaban J connectivity index is 0.00000225. The van der Waals surface area contributed by atoms with Gasteiger partial charge in [0, 0.05) is 26.2 Å². The monoisotopic (exact) mass is 463 g/mol. The van der Waals surface area contributed by atoms with E-state index in [0.29, 0.717) is 0 Å². The Morgan fingerprint density at radius 1 is 0.929 bits per heavy atom. The first kappa shape index (κ1) is 21.8. The van der Waals surface area contributed by atoms with E-state index in [1.165, 1.54) is 71.2 Å². The van der Waals surface area contributed by atoms with Crippen LogP contribution < -0.4 is 5.19 Å². The average Bonchev–Trinajstić information content (AvgIpc) is 3.03. The third kappa shape index (κ3) is 4.82. The second-order valence-electron chi connectivity index (χ2n) is 9.71. The molecule has 0 bridgehead atoms. The quantitative estimate of drug-likeness (QED) is 0.283. The van der Waals surface area contributed by atoms with Crippen LogP contribution in [0, 0.1) is 12.8 Å². The Morgan fingerprint density at radius 2 is 1.61 bits per heavy atom. The maximum absolute atomic E-state index is 2.48. The number of benzene rings is 2. The van der Waals surface area contributed by atoms with E-state index in [9.17, 15) is 0 Å². The minimum Gasteiger partial charge on any atom is -0.164 e. The summed E-state index contributed by atoms with van der Waals surface area (Å²) in [6, 6.07) is 19.1. The normalized spacial score (nSPS) is 15.6. The molecule has 0 saturated heterocycles. The van der Waals surface area contributed by atoms with Crippen molar-refractivity contribution in [3.8, 4) is 11.1 Å². The molecular formula is C26H33SiZr-. The molecule has 28 heavy (non-hydrogen) atoms. The van der Waals surface area contributed by atoms with Gasteiger partial charge in [-0.15, -0.1) is 28.5 Å². The van der Waals surface area contributed by atoms with E-state index >= 15 is 0 Å². The summed E-state index contributed by atoms with van der Waals surface area (Å²) in [6.07, 6.45) is 8.41. The number of rotatable bonds is 4. The molecule has 0 amide bonds. The number of fused-ring (bicyclic) bond motifs is 1. The molecule has 146 valence electrons. The Labute approximate surface area is 191 Å². The summed E-state index contributed by atoms with van der Waals surface area (Å²) in [4.78, 5) is 0. The van der Waals surface area contributed by atoms with Gasteiger partial charge in [0.05, 0.1) is 8.07 Å². The summed E-state index contributed by atoms with van der Waals surface area (Å²) >= 11 is 0. The molecule has 1 saturated carbocycles. The Morgan fingerprint density at radius 3 is 2.25 bits per heavy atom. The van der Waals surface area contributed by atoms with E-state index in [1.807, 2.05) is 0 Å². The zero-order valence-corrected chi connectivity index (χ0v) is 21.4. The molecule has 0 spiro atoms. The molecule has 3 aromatic carbocycles. The maximum Gasteiger partial charge on any atom is 0.0775 e. The van der Waals surface area contributed by atoms with E-state index in [1.54, 1.807) is 5.56 Å². The maximum atomic E-state index is 2.48. The van der Waals surface area contributed by atoms with Gasteiger partial charge in [-0.05, 0) is 24.8 Å². The van der Waals surface area contributed by atoms with Crippen molar-refractivity contribution < 1.29 is 26.2 Å². The molecule has 0 N–H and O–H groups in total. The molecule has 1 fully saturated rings. The van der Waals surface area contributed by atoms with Crippen LogP contribution in [-0.4, -0.2) is 8.07 Å². The van der Waals surface area contributed by atoms with Crippen molar-refractivity contribution in [3.05, 3.63) is 59.7 Å². The summed E-state index contributed by atoms with van der Waals surface area (Å²) < 4.78 is 0. The van der Waals surface area contributed by atoms with Crippen LogP contribution in [0.25, 0.3) is 21.9 Å². The van der Waals surface area contributed by atoms with E-state index in [4.69, 9.17) is 0 Å². The topological polar surface area (TPSA) is 0 Å². The fourth-order valence-corrected chi connectivity index (χ4v) is 5.93. The van der Waals surface area contributed by atoms with Crippen molar-refractivity contribution >= 4 is 24.0 Å². The van der Waals surface area contributed by atoms with Gasteiger partial charge < -0.3 is 0 Å². The molecule has 1 aliphatic carbocycles. The molecule has 3 aromatic rings. The molecule has 2 heteroatoms. The smallest absolute Gasteiger partial charge is 0.0775 e. The minimum atomic E-state index is -1.24. The zero-order valence-electron chi connectivity index (χ0n) is 17.9. The third-order valence-electron chi connectivity index (χ3n) is 6.34. The Kier molecular flexibility index (Phi) is 6.93. The standard InChI is InChI=1S/C26H33Si.Zr/c1-19-14-23-17-21(16-20-8-6-5-7-9-20)18-26(23)25(15-19)22-10-12-24(13-11-22)27(2,3)4;/h10-15,17-18,20H,5-9,16H2,1-4H3;/q-1;. The first-order valence-corrected chi connectivity index (χ1v) is 14.2. The van der Waals surface area contributed by atoms with Crippen LogP contribution in [0.4, 0.5) is 0 Å². The largest absolute Gasteiger partial charge is 0.164 e. The van der Waals surface area contributed by atoms with Crippen LogP contribution in [0.3, 0.4) is 0 Å². The van der Waals surface area contributed by atoms with Crippen molar-refractivity contribution in [2.75, 3.05) is 0 Å². The fraction of sp³-hybridized carbons (Fsp3) is 0.423. The zero-order chi connectivity index (χ0) is 19.0. The first-order chi connectivity index (χ1) is 12.9. The molecule has 0 unspecified atom stereocenters. The summed E-state index contributed by atoms with van der Waals surface area (Å²) in [7, 11) is -1.24. The Hall–Kier alpha value is -0.850. The molecule has 0 aliphatic heterocycles. The average molecular weight is 465 g/mol. The van der Waals surface area contributed by atoms with Crippen LogP contribution >= 0.6 is 0 Å². The van der Waals surface area contributed by atoms with Crippen LogP contribution in [0.15, 0.2) is 48.5 Å². The van der Waals surface area contributed by atoms with Crippen LogP contribution in [0.1, 0.15) is 43.2 Å². The third-order valence-corrected chi connectivity index (χ3v) is 8.40. The van der Waals surface area contributed by atoms with Crippen molar-refractivity contribution in [1.82, 2.24) is 0 Å². The SMILES string of the molecule is Cc1cc(-c2ccc([Si](C)(C)C)cc2)c2cc(CC3CCCCC3)[cH-]c2c1.[Zr]. The molecule has 1 aliphatic rings. The van der Waals surface area contributed by atoms with Gasteiger partial charge in [0.2, 0.25) is 0 Å². The molecule has 0 heterocycles. The number of hydrogen-bond donors (Lipinski definition) is 0. The second-order valence-corrected chi connectivity index (χ2v) is 14.8. The molecule has 0 aromatic heterocycles. The van der Waals surface area contributed by atoms with Crippen molar-refractivity contribution in [3.63, 3.8) is 0 Å². The predicted molar refractivity (Wildman–Crippen MR) is 123 cm³/mol. The van der Waals surface area contributed by atoms with Crippen LogP contribution in [0.5, 0.6) is 0 Å². The first-order valence-electron chi connectivity index (χ1n) is 10.7. The fourth-order valence-electron chi connectivity index (χ4n) is 4.76. The van der Waals surface area contributed by atoms with Crippen molar-refractivity contribution in [1.29, 1.82) is 0 Å². The second kappa shape index (κ2) is 8.88. The van der Waals surface area contributed by atoms with Crippen LogP contribution in [-0.2, 0) is 32.6 Å². The van der Waals surface area contributed by atoms with Gasteiger partial charge in [-0.1, -0.05) is 98.4 Å². The summed E-state index contributed by atoms with van der Waals surface area (Å²) in [5.74, 6) is 0.899. The summed E-state index contributed by atoms with van der Waals surface area (Å²) in [5.41, 5.74) is 5.67. The van der Waals surface area contributed by atoms with Gasteiger partial charge in [0.25, 0.3) is 0 Å². The van der Waals surface area contributed by atoms with Gasteiger partial charge in [-0.3, -0.25) is 0 Å². The Bertz CT molecular complexity index is 921. The molecule has 0 nitrogen and oxygen atoms in total. The number of hydrogen-bond acceptors (Lipinski definition) is 0. The van der Waals surface area contributed by atoms with Gasteiger partial charge in [0.15, 0.2) is 0 Å². The predicted octanol–water partition coefficient (Wildman–Crippen LogP) is 7.20. The van der Waals surface area contributed by atoms with Gasteiger partial charge in [-0.2, -0.15) is 6.07 Å². The van der Waals surface area contributed by atoms with Crippen molar-refractivity contribution in [2.45, 2.75) is 65.1 Å². The molecule has 4 rings (SSSR count). The van der Waals surface area contributed by atoms with E-state index in [-0.39, 0.29) is 26.2 Å². The van der Waals surface area contributed by atoms with Crippen molar-refractivity contribution in [2.24, 2.45) is 5.92 Å². The molecule has 0 atom stereocenters.